The van der Waals surface area contributed by atoms with Crippen molar-refractivity contribution >= 4 is 22.9 Å². The van der Waals surface area contributed by atoms with E-state index in [9.17, 15) is 0 Å². The van der Waals surface area contributed by atoms with E-state index in [-0.39, 0.29) is 0 Å². The number of nitrogens with two attached hydrogens (primary N) is 1. The molecule has 0 unspecified atom stereocenters. The molecule has 4 N–H and O–H groups in total. The van der Waals surface area contributed by atoms with E-state index < -0.39 is 0 Å². The molecule has 2 saturated carbocycles. The second kappa shape index (κ2) is 16.2. The van der Waals surface area contributed by atoms with Gasteiger partial charge in [-0.1, -0.05) is 86.3 Å². The Morgan fingerprint density at radius 3 is 2.10 bits per heavy atom. The maximum Gasteiger partial charge on any atom is 0.227 e. The largest absolute Gasteiger partial charge is 0.351 e. The molecule has 4 aromatic rings. The minimum Gasteiger partial charge on any atom is -0.351 e. The number of hydrogen-bond acceptors (Lipinski definition) is 8. The minimum absolute atomic E-state index is 0.323. The Kier molecular flexibility index (Phi) is 11.2. The number of anilines is 2. The molecular weight excluding hydrogens is 594 g/mol. The number of benzene rings is 2. The summed E-state index contributed by atoms with van der Waals surface area (Å²) in [6.07, 6.45) is 17.5. The first-order valence-corrected chi connectivity index (χ1v) is 18.7. The molecule has 0 amide bonds. The average molecular weight is 650 g/mol. The van der Waals surface area contributed by atoms with Crippen LogP contribution in [0.5, 0.6) is 0 Å². The lowest BCUT2D eigenvalue weighted by molar-refractivity contribution is 0.201. The van der Waals surface area contributed by atoms with Gasteiger partial charge in [0.25, 0.3) is 0 Å². The van der Waals surface area contributed by atoms with Crippen molar-refractivity contribution in [2.75, 3.05) is 30.4 Å². The lowest BCUT2D eigenvalue weighted by Crippen LogP contribution is -2.38. The van der Waals surface area contributed by atoms with Crippen LogP contribution in [0.1, 0.15) is 101 Å². The van der Waals surface area contributed by atoms with E-state index in [4.69, 9.17) is 20.7 Å². The zero-order valence-corrected chi connectivity index (χ0v) is 28.6. The van der Waals surface area contributed by atoms with E-state index in [0.29, 0.717) is 24.1 Å². The van der Waals surface area contributed by atoms with Crippen LogP contribution < -0.4 is 16.5 Å². The molecule has 256 valence electrons. The van der Waals surface area contributed by atoms with Gasteiger partial charge >= 0.3 is 0 Å². The maximum absolute atomic E-state index is 6.19. The molecule has 0 spiro atoms. The average Bonchev–Trinajstić information content (AvgIpc) is 3.80. The van der Waals surface area contributed by atoms with Gasteiger partial charge in [-0.3, -0.25) is 4.90 Å². The molecule has 7 rings (SSSR count). The summed E-state index contributed by atoms with van der Waals surface area (Å²) in [5.74, 6) is 2.33. The predicted molar refractivity (Wildman–Crippen MR) is 195 cm³/mol. The van der Waals surface area contributed by atoms with E-state index in [1.165, 1.54) is 68.9 Å². The monoisotopic (exact) mass is 649 g/mol. The molecule has 2 aromatic heterocycles. The maximum atomic E-state index is 6.19. The first kappa shape index (κ1) is 33.0. The molecule has 1 saturated heterocycles. The molecule has 2 aliphatic carbocycles. The fraction of sp³-hybridized carbons (Fsp3) is 0.564. The van der Waals surface area contributed by atoms with Crippen LogP contribution in [-0.2, 0) is 13.1 Å². The fourth-order valence-corrected chi connectivity index (χ4v) is 8.10. The first-order valence-electron chi connectivity index (χ1n) is 18.7. The number of rotatable bonds is 14. The standard InChI is InChI=1S/C39H55N9/c40-33-18-20-34(21-19-33)42-39-43-37(36-38(44-39)48(29-41-36)35-16-7-8-17-35)45-47-25-22-30(23-26-47)11-9-10-24-46(27-31-12-3-1-4-13-31)28-32-14-5-2-6-15-32/h1-6,12-15,29-30,33-35H,7-11,16-28,40H2,(H2,42,43,44,45)/t33-,34-. The molecule has 0 radical (unpaired) electrons. The molecule has 3 aliphatic rings. The second-order valence-corrected chi connectivity index (χ2v) is 14.6. The number of nitrogens with zero attached hydrogens (tertiary/aromatic N) is 6. The van der Waals surface area contributed by atoms with Crippen molar-refractivity contribution in [2.24, 2.45) is 11.7 Å². The van der Waals surface area contributed by atoms with Crippen LogP contribution >= 0.6 is 0 Å². The van der Waals surface area contributed by atoms with Gasteiger partial charge in [0.2, 0.25) is 5.95 Å². The molecule has 3 fully saturated rings. The third kappa shape index (κ3) is 8.73. The summed E-state index contributed by atoms with van der Waals surface area (Å²) in [6.45, 7) is 5.18. The topological polar surface area (TPSA) is 100 Å². The number of imidazole rings is 1. The van der Waals surface area contributed by atoms with Crippen molar-refractivity contribution in [3.8, 4) is 0 Å². The molecule has 0 bridgehead atoms. The van der Waals surface area contributed by atoms with Gasteiger partial charge in [0.15, 0.2) is 17.0 Å². The zero-order valence-electron chi connectivity index (χ0n) is 28.6. The van der Waals surface area contributed by atoms with Crippen molar-refractivity contribution in [3.63, 3.8) is 0 Å². The van der Waals surface area contributed by atoms with Crippen molar-refractivity contribution in [1.29, 1.82) is 0 Å². The van der Waals surface area contributed by atoms with Crippen molar-refractivity contribution in [1.82, 2.24) is 29.4 Å². The van der Waals surface area contributed by atoms with Crippen LogP contribution in [0.2, 0.25) is 0 Å². The number of hydrazine groups is 1. The summed E-state index contributed by atoms with van der Waals surface area (Å²) >= 11 is 0. The molecule has 0 atom stereocenters. The van der Waals surface area contributed by atoms with Crippen molar-refractivity contribution < 1.29 is 0 Å². The molecule has 3 heterocycles. The lowest BCUT2D eigenvalue weighted by atomic mass is 9.92. The van der Waals surface area contributed by atoms with Crippen LogP contribution in [0.3, 0.4) is 0 Å². The van der Waals surface area contributed by atoms with Gasteiger partial charge in [0, 0.05) is 44.3 Å². The SMILES string of the molecule is N[C@H]1CC[C@H](Nc2nc(NN3CCC(CCCCN(Cc4ccccc4)Cc4ccccc4)CC3)c3ncn(C4CCCC4)c3n2)CC1. The van der Waals surface area contributed by atoms with Crippen molar-refractivity contribution in [3.05, 3.63) is 78.1 Å². The molecule has 9 heteroatoms. The highest BCUT2D eigenvalue weighted by atomic mass is 15.5. The normalized spacial score (nSPS) is 21.3. The van der Waals surface area contributed by atoms with Crippen LogP contribution in [0.15, 0.2) is 67.0 Å². The second-order valence-electron chi connectivity index (χ2n) is 14.6. The number of aromatic nitrogens is 4. The van der Waals surface area contributed by atoms with E-state index in [2.05, 4.69) is 85.9 Å². The summed E-state index contributed by atoms with van der Waals surface area (Å²) in [7, 11) is 0. The summed E-state index contributed by atoms with van der Waals surface area (Å²) in [5, 5.41) is 6.03. The highest BCUT2D eigenvalue weighted by Gasteiger charge is 2.26. The third-order valence-corrected chi connectivity index (χ3v) is 11.0. The highest BCUT2D eigenvalue weighted by molar-refractivity contribution is 5.84. The Hall–Kier alpha value is -3.53. The minimum atomic E-state index is 0.323. The Balaban J connectivity index is 0.927. The molecule has 2 aromatic carbocycles. The summed E-state index contributed by atoms with van der Waals surface area (Å²) in [5.41, 5.74) is 14.5. The van der Waals surface area contributed by atoms with Gasteiger partial charge in [-0.2, -0.15) is 9.97 Å². The quantitative estimate of drug-likeness (QED) is 0.121. The number of nitrogens with one attached hydrogen (secondary N) is 2. The summed E-state index contributed by atoms with van der Waals surface area (Å²) < 4.78 is 2.31. The van der Waals surface area contributed by atoms with Gasteiger partial charge in [-0.05, 0) is 81.4 Å². The smallest absolute Gasteiger partial charge is 0.227 e. The van der Waals surface area contributed by atoms with Gasteiger partial charge < -0.3 is 21.0 Å². The van der Waals surface area contributed by atoms with E-state index in [1.807, 2.05) is 6.33 Å². The van der Waals surface area contributed by atoms with Gasteiger partial charge in [-0.15, -0.1) is 0 Å². The van der Waals surface area contributed by atoms with E-state index >= 15 is 0 Å². The van der Waals surface area contributed by atoms with Crippen LogP contribution in [-0.4, -0.2) is 61.1 Å². The Morgan fingerprint density at radius 2 is 1.44 bits per heavy atom. The molecule has 1 aliphatic heterocycles. The lowest BCUT2D eigenvalue weighted by Gasteiger charge is -2.32. The first-order chi connectivity index (χ1) is 23.7. The van der Waals surface area contributed by atoms with Gasteiger partial charge in [-0.25, -0.2) is 9.99 Å². The molecule has 48 heavy (non-hydrogen) atoms. The number of piperidine rings is 1. The molecular formula is C39H55N9. The fourth-order valence-electron chi connectivity index (χ4n) is 8.10. The Labute approximate surface area is 286 Å². The number of hydrogen-bond donors (Lipinski definition) is 3. The van der Waals surface area contributed by atoms with Crippen molar-refractivity contribution in [2.45, 2.75) is 115 Å². The highest BCUT2D eigenvalue weighted by Crippen LogP contribution is 2.34. The Morgan fingerprint density at radius 1 is 0.771 bits per heavy atom. The van der Waals surface area contributed by atoms with Crippen LogP contribution in [0.4, 0.5) is 11.8 Å². The van der Waals surface area contributed by atoms with E-state index in [0.717, 1.165) is 81.3 Å². The number of fused-ring (bicyclic) bond motifs is 1. The van der Waals surface area contributed by atoms with E-state index in [1.54, 1.807) is 0 Å². The Bertz CT molecular complexity index is 1490. The zero-order chi connectivity index (χ0) is 32.5. The predicted octanol–water partition coefficient (Wildman–Crippen LogP) is 7.53. The van der Waals surface area contributed by atoms with Gasteiger partial charge in [0.1, 0.15) is 0 Å². The summed E-state index contributed by atoms with van der Waals surface area (Å²) in [6, 6.07) is 23.0. The van der Waals surface area contributed by atoms with Crippen LogP contribution in [0, 0.1) is 5.92 Å². The van der Waals surface area contributed by atoms with Gasteiger partial charge in [0.05, 0.1) is 6.33 Å². The van der Waals surface area contributed by atoms with Crippen LogP contribution in [0.25, 0.3) is 11.2 Å². The summed E-state index contributed by atoms with van der Waals surface area (Å²) in [4.78, 5) is 17.5. The number of unbranched alkanes of at least 4 members (excludes halogenated alkanes) is 1. The molecule has 9 nitrogen and oxygen atoms in total. The third-order valence-electron chi connectivity index (χ3n) is 11.0.